The predicted octanol–water partition coefficient (Wildman–Crippen LogP) is 2.53. The first-order valence-electron chi connectivity index (χ1n) is 3.53. The van der Waals surface area contributed by atoms with Crippen LogP contribution in [0.4, 0.5) is 0 Å². The second-order valence-electron chi connectivity index (χ2n) is 2.43. The molecule has 1 aromatic carbocycles. The standard InChI is InChI=1S/C8H8ClO2P/c9-8(12(10)11)6-7-4-2-1-3-5-7/h1-5,8H,6H2/p+1. The van der Waals surface area contributed by atoms with Gasteiger partial charge < -0.3 is 0 Å². The van der Waals surface area contributed by atoms with Crippen LogP contribution in [0.1, 0.15) is 5.56 Å². The largest absolute Gasteiger partial charge is 0.525 e. The van der Waals surface area contributed by atoms with E-state index in [2.05, 4.69) is 0 Å². The van der Waals surface area contributed by atoms with Gasteiger partial charge in [0.25, 0.3) is 5.12 Å². The summed E-state index contributed by atoms with van der Waals surface area (Å²) in [5, 5.41) is -0.678. The zero-order chi connectivity index (χ0) is 8.97. The van der Waals surface area contributed by atoms with Crippen molar-refractivity contribution in [3.8, 4) is 0 Å². The van der Waals surface area contributed by atoms with Crippen LogP contribution in [0.15, 0.2) is 30.3 Å². The van der Waals surface area contributed by atoms with Crippen LogP contribution in [0.2, 0.25) is 0 Å². The minimum atomic E-state index is -2.27. The molecule has 4 heteroatoms. The van der Waals surface area contributed by atoms with Gasteiger partial charge in [0.1, 0.15) is 0 Å². The molecule has 0 heterocycles. The van der Waals surface area contributed by atoms with Gasteiger partial charge in [0.2, 0.25) is 0 Å². The van der Waals surface area contributed by atoms with Crippen LogP contribution >= 0.6 is 19.6 Å². The van der Waals surface area contributed by atoms with Gasteiger partial charge in [-0.3, -0.25) is 0 Å². The smallest absolute Gasteiger partial charge is 0.160 e. The third-order valence-electron chi connectivity index (χ3n) is 1.49. The lowest BCUT2D eigenvalue weighted by Gasteiger charge is -1.96. The van der Waals surface area contributed by atoms with E-state index in [-0.39, 0.29) is 0 Å². The summed E-state index contributed by atoms with van der Waals surface area (Å²) >= 11 is 5.62. The van der Waals surface area contributed by atoms with Crippen LogP contribution in [0, 0.1) is 0 Å². The van der Waals surface area contributed by atoms with Crippen molar-refractivity contribution >= 4 is 19.6 Å². The third-order valence-corrected chi connectivity index (χ3v) is 2.80. The Hall–Kier alpha value is -0.430. The summed E-state index contributed by atoms with van der Waals surface area (Å²) in [5.74, 6) is 0. The van der Waals surface area contributed by atoms with Gasteiger partial charge in [-0.1, -0.05) is 41.9 Å². The molecule has 0 radical (unpaired) electrons. The molecule has 0 bridgehead atoms. The fourth-order valence-corrected chi connectivity index (χ4v) is 1.43. The topological polar surface area (TPSA) is 37.3 Å². The van der Waals surface area contributed by atoms with Crippen LogP contribution < -0.4 is 0 Å². The van der Waals surface area contributed by atoms with Crippen molar-refractivity contribution in [3.05, 3.63) is 35.9 Å². The number of rotatable bonds is 3. The number of alkyl halides is 1. The lowest BCUT2D eigenvalue weighted by molar-refractivity contribution is 0.499. The third kappa shape index (κ3) is 2.90. The molecule has 0 aliphatic heterocycles. The maximum Gasteiger partial charge on any atom is 0.525 e. The highest BCUT2D eigenvalue weighted by Crippen LogP contribution is 2.28. The summed E-state index contributed by atoms with van der Waals surface area (Å²) in [6, 6.07) is 9.42. The molecule has 0 saturated carbocycles. The van der Waals surface area contributed by atoms with E-state index in [1.54, 1.807) is 0 Å². The Bertz CT molecular complexity index is 263. The van der Waals surface area contributed by atoms with Crippen LogP contribution in [0.25, 0.3) is 0 Å². The molecule has 0 amide bonds. The Morgan fingerprint density at radius 2 is 2.00 bits per heavy atom. The molecule has 2 unspecified atom stereocenters. The molecule has 1 N–H and O–H groups in total. The highest BCUT2D eigenvalue weighted by molar-refractivity contribution is 7.41. The normalized spacial score (nSPS) is 14.0. The van der Waals surface area contributed by atoms with E-state index in [0.717, 1.165) is 5.56 Å². The first-order valence-corrected chi connectivity index (χ1v) is 5.25. The first-order chi connectivity index (χ1) is 5.70. The van der Waals surface area contributed by atoms with Crippen LogP contribution in [-0.4, -0.2) is 10.0 Å². The van der Waals surface area contributed by atoms with Gasteiger partial charge in [0.05, 0.1) is 0 Å². The molecular formula is C8H9ClO2P+. The average molecular weight is 204 g/mol. The van der Waals surface area contributed by atoms with E-state index in [0.29, 0.717) is 6.42 Å². The summed E-state index contributed by atoms with van der Waals surface area (Å²) in [4.78, 5) is 8.66. The lowest BCUT2D eigenvalue weighted by atomic mass is 10.2. The van der Waals surface area contributed by atoms with Crippen molar-refractivity contribution < 1.29 is 9.46 Å². The maximum atomic E-state index is 10.5. The van der Waals surface area contributed by atoms with Crippen LogP contribution in [0.5, 0.6) is 0 Å². The lowest BCUT2D eigenvalue weighted by Crippen LogP contribution is -1.96. The molecule has 0 aliphatic carbocycles. The molecule has 0 saturated heterocycles. The molecule has 0 spiro atoms. The Balaban J connectivity index is 2.58. The Morgan fingerprint density at radius 1 is 1.42 bits per heavy atom. The number of halogens is 1. The van der Waals surface area contributed by atoms with Gasteiger partial charge in [-0.15, -0.1) is 0 Å². The van der Waals surface area contributed by atoms with Crippen molar-refractivity contribution in [2.24, 2.45) is 0 Å². The molecular weight excluding hydrogens is 195 g/mol. The fourth-order valence-electron chi connectivity index (χ4n) is 0.887. The SMILES string of the molecule is O=[P+](O)C(Cl)Cc1ccccc1. The molecule has 0 aromatic heterocycles. The number of hydrogen-bond donors (Lipinski definition) is 1. The minimum Gasteiger partial charge on any atom is -0.160 e. The Kier molecular flexibility index (Phi) is 3.67. The number of hydrogen-bond acceptors (Lipinski definition) is 1. The quantitative estimate of drug-likeness (QED) is 0.606. The fraction of sp³-hybridized carbons (Fsp3) is 0.250. The van der Waals surface area contributed by atoms with Crippen molar-refractivity contribution in [1.82, 2.24) is 0 Å². The Morgan fingerprint density at radius 3 is 2.50 bits per heavy atom. The highest BCUT2D eigenvalue weighted by Gasteiger charge is 2.25. The van der Waals surface area contributed by atoms with Gasteiger partial charge >= 0.3 is 8.03 Å². The molecule has 0 fully saturated rings. The van der Waals surface area contributed by atoms with Gasteiger partial charge in [0.15, 0.2) is 0 Å². The molecule has 0 aliphatic rings. The van der Waals surface area contributed by atoms with E-state index in [4.69, 9.17) is 16.5 Å². The molecule has 1 rings (SSSR count). The summed E-state index contributed by atoms with van der Waals surface area (Å²) in [6.07, 6.45) is 0.439. The molecule has 64 valence electrons. The summed E-state index contributed by atoms with van der Waals surface area (Å²) in [5.41, 5.74) is 0.981. The molecule has 2 nitrogen and oxygen atoms in total. The molecule has 1 aromatic rings. The van der Waals surface area contributed by atoms with Crippen LogP contribution in [-0.2, 0) is 11.0 Å². The van der Waals surface area contributed by atoms with Gasteiger partial charge in [-0.2, -0.15) is 4.89 Å². The van der Waals surface area contributed by atoms with Crippen molar-refractivity contribution in [2.75, 3.05) is 0 Å². The summed E-state index contributed by atoms with van der Waals surface area (Å²) in [7, 11) is -2.27. The van der Waals surface area contributed by atoms with E-state index in [1.165, 1.54) is 0 Å². The maximum absolute atomic E-state index is 10.5. The van der Waals surface area contributed by atoms with Crippen molar-refractivity contribution in [1.29, 1.82) is 0 Å². The molecule has 12 heavy (non-hydrogen) atoms. The van der Waals surface area contributed by atoms with Crippen LogP contribution in [0.3, 0.4) is 0 Å². The average Bonchev–Trinajstić information content (AvgIpc) is 2.06. The minimum absolute atomic E-state index is 0.439. The van der Waals surface area contributed by atoms with E-state index in [1.807, 2.05) is 30.3 Å². The Labute approximate surface area is 77.1 Å². The summed E-state index contributed by atoms with van der Waals surface area (Å²) < 4.78 is 10.5. The zero-order valence-corrected chi connectivity index (χ0v) is 8.00. The second kappa shape index (κ2) is 4.56. The van der Waals surface area contributed by atoms with E-state index >= 15 is 0 Å². The van der Waals surface area contributed by atoms with E-state index < -0.39 is 13.1 Å². The van der Waals surface area contributed by atoms with Gasteiger partial charge in [-0.25, -0.2) is 0 Å². The second-order valence-corrected chi connectivity index (χ2v) is 4.49. The van der Waals surface area contributed by atoms with Gasteiger partial charge in [0, 0.05) is 6.42 Å². The van der Waals surface area contributed by atoms with Crippen molar-refractivity contribution in [3.63, 3.8) is 0 Å². The predicted molar refractivity (Wildman–Crippen MR) is 49.6 cm³/mol. The first kappa shape index (κ1) is 9.66. The monoisotopic (exact) mass is 203 g/mol. The zero-order valence-electron chi connectivity index (χ0n) is 6.35. The van der Waals surface area contributed by atoms with Gasteiger partial charge in [-0.05, 0) is 10.1 Å². The summed E-state index contributed by atoms with van der Waals surface area (Å²) in [6.45, 7) is 0. The van der Waals surface area contributed by atoms with Crippen molar-refractivity contribution in [2.45, 2.75) is 11.5 Å². The highest BCUT2D eigenvalue weighted by atomic mass is 35.5. The number of benzene rings is 1. The molecule has 2 atom stereocenters. The van der Waals surface area contributed by atoms with E-state index in [9.17, 15) is 4.57 Å².